The Kier molecular flexibility index (Phi) is 6.01. The number of halogens is 4. The maximum atomic E-state index is 12.7. The van der Waals surface area contributed by atoms with Crippen LogP contribution in [0.25, 0.3) is 0 Å². The Morgan fingerprint density at radius 1 is 1.38 bits per heavy atom. The molecule has 0 fully saturated rings. The van der Waals surface area contributed by atoms with Crippen LogP contribution >= 0.6 is 11.6 Å². The van der Waals surface area contributed by atoms with Crippen molar-refractivity contribution in [1.82, 2.24) is 9.88 Å². The number of carbonyl (C=O) groups is 1. The molecule has 21 heavy (non-hydrogen) atoms. The predicted molar refractivity (Wildman–Crippen MR) is 75.4 cm³/mol. The van der Waals surface area contributed by atoms with Crippen LogP contribution in [0.5, 0.6) is 0 Å². The Bertz CT molecular complexity index is 501. The molecular weight excluding hydrogens is 305 g/mol. The average molecular weight is 323 g/mol. The van der Waals surface area contributed by atoms with Crippen LogP contribution in [0.2, 0.25) is 5.02 Å². The molecule has 3 nitrogen and oxygen atoms in total. The summed E-state index contributed by atoms with van der Waals surface area (Å²) in [4.78, 5) is 17.2. The smallest absolute Gasteiger partial charge is 0.326 e. The Morgan fingerprint density at radius 3 is 2.38 bits per heavy atom. The van der Waals surface area contributed by atoms with Crippen LogP contribution < -0.4 is 0 Å². The Hall–Kier alpha value is -1.30. The summed E-state index contributed by atoms with van der Waals surface area (Å²) in [6.07, 6.45) is -2.35. The molecule has 0 atom stereocenters. The van der Waals surface area contributed by atoms with Gasteiger partial charge >= 0.3 is 6.18 Å². The highest BCUT2D eigenvalue weighted by molar-refractivity contribution is 6.33. The molecule has 1 aromatic rings. The molecular formula is C14H18ClF3N2O. The van der Waals surface area contributed by atoms with Crippen molar-refractivity contribution in [3.05, 3.63) is 28.5 Å². The van der Waals surface area contributed by atoms with Gasteiger partial charge in [-0.25, -0.2) is 0 Å². The van der Waals surface area contributed by atoms with E-state index in [-0.39, 0.29) is 10.6 Å². The fourth-order valence-electron chi connectivity index (χ4n) is 2.13. The second kappa shape index (κ2) is 7.11. The number of aromatic nitrogens is 1. The highest BCUT2D eigenvalue weighted by atomic mass is 35.5. The second-order valence-electron chi connectivity index (χ2n) is 4.82. The first-order valence-corrected chi connectivity index (χ1v) is 7.07. The number of aryl methyl sites for hydroxylation is 1. The van der Waals surface area contributed by atoms with Crippen LogP contribution in [0.4, 0.5) is 13.2 Å². The van der Waals surface area contributed by atoms with Gasteiger partial charge in [-0.15, -0.1) is 0 Å². The Labute approximate surface area is 127 Å². The third kappa shape index (κ3) is 4.88. The summed E-state index contributed by atoms with van der Waals surface area (Å²) < 4.78 is 38.2. The maximum absolute atomic E-state index is 12.7. The van der Waals surface area contributed by atoms with E-state index in [0.717, 1.165) is 4.90 Å². The zero-order valence-corrected chi connectivity index (χ0v) is 12.9. The first kappa shape index (κ1) is 17.8. The van der Waals surface area contributed by atoms with E-state index in [1.54, 1.807) is 20.8 Å². The van der Waals surface area contributed by atoms with E-state index in [0.29, 0.717) is 18.5 Å². The number of alkyl halides is 3. The van der Waals surface area contributed by atoms with Gasteiger partial charge in [0.15, 0.2) is 0 Å². The molecule has 0 saturated heterocycles. The first-order chi connectivity index (χ1) is 9.69. The van der Waals surface area contributed by atoms with Gasteiger partial charge in [0.05, 0.1) is 10.6 Å². The van der Waals surface area contributed by atoms with Crippen molar-refractivity contribution in [2.75, 3.05) is 6.54 Å². The van der Waals surface area contributed by atoms with Gasteiger partial charge in [-0.05, 0) is 25.8 Å². The maximum Gasteiger partial charge on any atom is 0.406 e. The van der Waals surface area contributed by atoms with E-state index in [1.807, 2.05) is 0 Å². The van der Waals surface area contributed by atoms with Gasteiger partial charge in [-0.1, -0.05) is 25.4 Å². The molecule has 0 aromatic carbocycles. The molecule has 1 rings (SSSR count). The minimum atomic E-state index is -4.46. The Balaban J connectivity index is 3.15. The predicted octanol–water partition coefficient (Wildman–Crippen LogP) is 4.24. The molecule has 0 spiro atoms. The van der Waals surface area contributed by atoms with Crippen molar-refractivity contribution < 1.29 is 18.0 Å². The molecule has 1 aromatic heterocycles. The quantitative estimate of drug-likeness (QED) is 0.812. The van der Waals surface area contributed by atoms with Gasteiger partial charge in [0.1, 0.15) is 6.54 Å². The van der Waals surface area contributed by atoms with Crippen LogP contribution in [-0.4, -0.2) is 34.6 Å². The van der Waals surface area contributed by atoms with Crippen LogP contribution in [0.15, 0.2) is 12.3 Å². The SMILES string of the molecule is CCC(CC)N(CC(F)(F)F)C(=O)c1cnc(C)cc1Cl. The van der Waals surface area contributed by atoms with Crippen LogP contribution in [0.3, 0.4) is 0 Å². The number of rotatable bonds is 5. The van der Waals surface area contributed by atoms with Crippen molar-refractivity contribution in [2.45, 2.75) is 45.8 Å². The molecule has 0 aliphatic rings. The summed E-state index contributed by atoms with van der Waals surface area (Å²) in [5.41, 5.74) is 0.597. The molecule has 1 amide bonds. The van der Waals surface area contributed by atoms with Crippen molar-refractivity contribution >= 4 is 17.5 Å². The standard InChI is InChI=1S/C14H18ClF3N2O/c1-4-10(5-2)20(8-14(16,17)18)13(21)11-7-19-9(3)6-12(11)15/h6-7,10H,4-5,8H2,1-3H3. The number of pyridine rings is 1. The van der Waals surface area contributed by atoms with Gasteiger partial charge < -0.3 is 4.90 Å². The molecule has 0 unspecified atom stereocenters. The number of carbonyl (C=O) groups excluding carboxylic acids is 1. The molecule has 1 heterocycles. The first-order valence-electron chi connectivity index (χ1n) is 6.69. The summed E-state index contributed by atoms with van der Waals surface area (Å²) in [5, 5.41) is 0.116. The van der Waals surface area contributed by atoms with Gasteiger partial charge in [0.2, 0.25) is 0 Å². The number of amides is 1. The Morgan fingerprint density at radius 2 is 1.95 bits per heavy atom. The lowest BCUT2D eigenvalue weighted by atomic mass is 10.1. The van der Waals surface area contributed by atoms with E-state index >= 15 is 0 Å². The van der Waals surface area contributed by atoms with Crippen molar-refractivity contribution in [1.29, 1.82) is 0 Å². The second-order valence-corrected chi connectivity index (χ2v) is 5.23. The summed E-state index contributed by atoms with van der Waals surface area (Å²) in [6, 6.07) is 0.976. The third-order valence-corrected chi connectivity index (χ3v) is 3.53. The van der Waals surface area contributed by atoms with E-state index in [4.69, 9.17) is 11.6 Å². The molecule has 0 N–H and O–H groups in total. The van der Waals surface area contributed by atoms with Crippen molar-refractivity contribution in [3.63, 3.8) is 0 Å². The zero-order valence-electron chi connectivity index (χ0n) is 12.2. The lowest BCUT2D eigenvalue weighted by molar-refractivity contribution is -0.144. The minimum Gasteiger partial charge on any atom is -0.326 e. The normalized spacial score (nSPS) is 11.8. The topological polar surface area (TPSA) is 33.2 Å². The van der Waals surface area contributed by atoms with Gasteiger partial charge in [-0.2, -0.15) is 13.2 Å². The van der Waals surface area contributed by atoms with Crippen LogP contribution in [0.1, 0.15) is 42.7 Å². The molecule has 118 valence electrons. The van der Waals surface area contributed by atoms with Gasteiger partial charge in [-0.3, -0.25) is 9.78 Å². The fraction of sp³-hybridized carbons (Fsp3) is 0.571. The zero-order chi connectivity index (χ0) is 16.2. The summed E-state index contributed by atoms with van der Waals surface area (Å²) in [5.74, 6) is -0.737. The lowest BCUT2D eigenvalue weighted by Gasteiger charge is -2.31. The van der Waals surface area contributed by atoms with Gasteiger partial charge in [0.25, 0.3) is 5.91 Å². The molecule has 0 radical (unpaired) electrons. The molecule has 7 heteroatoms. The summed E-state index contributed by atoms with van der Waals surface area (Å²) in [6.45, 7) is 3.90. The van der Waals surface area contributed by atoms with Crippen LogP contribution in [0, 0.1) is 6.92 Å². The highest BCUT2D eigenvalue weighted by Gasteiger charge is 2.36. The van der Waals surface area contributed by atoms with E-state index in [2.05, 4.69) is 4.98 Å². The van der Waals surface area contributed by atoms with Gasteiger partial charge in [0, 0.05) is 17.9 Å². The van der Waals surface area contributed by atoms with Crippen LogP contribution in [-0.2, 0) is 0 Å². The van der Waals surface area contributed by atoms with E-state index in [9.17, 15) is 18.0 Å². The molecule has 0 saturated carbocycles. The van der Waals surface area contributed by atoms with Crippen molar-refractivity contribution in [3.8, 4) is 0 Å². The molecule has 0 bridgehead atoms. The highest BCUT2D eigenvalue weighted by Crippen LogP contribution is 2.25. The summed E-state index contributed by atoms with van der Waals surface area (Å²) in [7, 11) is 0. The number of nitrogens with zero attached hydrogens (tertiary/aromatic N) is 2. The molecule has 0 aliphatic carbocycles. The lowest BCUT2D eigenvalue weighted by Crippen LogP contribution is -2.45. The van der Waals surface area contributed by atoms with E-state index < -0.39 is 24.7 Å². The fourth-order valence-corrected chi connectivity index (χ4v) is 2.42. The number of hydrogen-bond acceptors (Lipinski definition) is 2. The molecule has 0 aliphatic heterocycles. The monoisotopic (exact) mass is 322 g/mol. The number of hydrogen-bond donors (Lipinski definition) is 0. The minimum absolute atomic E-state index is 0.00147. The third-order valence-electron chi connectivity index (χ3n) is 3.21. The van der Waals surface area contributed by atoms with Crippen molar-refractivity contribution in [2.24, 2.45) is 0 Å². The largest absolute Gasteiger partial charge is 0.406 e. The van der Waals surface area contributed by atoms with E-state index in [1.165, 1.54) is 12.3 Å². The average Bonchev–Trinajstić information content (AvgIpc) is 2.37. The summed E-state index contributed by atoms with van der Waals surface area (Å²) >= 11 is 5.96.